The Labute approximate surface area is 172 Å². The van der Waals surface area contributed by atoms with E-state index in [9.17, 15) is 9.59 Å². The van der Waals surface area contributed by atoms with E-state index < -0.39 is 0 Å². The van der Waals surface area contributed by atoms with Crippen molar-refractivity contribution in [2.45, 2.75) is 52.2 Å². The van der Waals surface area contributed by atoms with Crippen LogP contribution in [-0.2, 0) is 9.53 Å². The first-order valence-corrected chi connectivity index (χ1v) is 10.3. The average Bonchev–Trinajstić information content (AvgIpc) is 3.34. The van der Waals surface area contributed by atoms with Gasteiger partial charge in [-0.05, 0) is 45.2 Å². The summed E-state index contributed by atoms with van der Waals surface area (Å²) in [6.07, 6.45) is 2.21. The highest BCUT2D eigenvalue weighted by atomic mass is 16.5. The highest BCUT2D eigenvalue weighted by Crippen LogP contribution is 2.19. The summed E-state index contributed by atoms with van der Waals surface area (Å²) in [6, 6.07) is 11.5. The zero-order valence-corrected chi connectivity index (χ0v) is 17.4. The molecule has 1 aliphatic rings. The fourth-order valence-corrected chi connectivity index (χ4v) is 3.70. The molecule has 0 bridgehead atoms. The number of hydrogen-bond donors (Lipinski definition) is 1. The van der Waals surface area contributed by atoms with Gasteiger partial charge >= 0.3 is 0 Å². The molecule has 2 unspecified atom stereocenters. The molecule has 3 rings (SSSR count). The van der Waals surface area contributed by atoms with Gasteiger partial charge in [0.15, 0.2) is 0 Å². The van der Waals surface area contributed by atoms with Crippen molar-refractivity contribution < 1.29 is 18.7 Å². The van der Waals surface area contributed by atoms with Crippen molar-refractivity contribution in [2.75, 3.05) is 19.7 Å². The quantitative estimate of drug-likeness (QED) is 0.734. The molecule has 1 aromatic heterocycles. The molecule has 2 atom stereocenters. The zero-order chi connectivity index (χ0) is 20.8. The van der Waals surface area contributed by atoms with Gasteiger partial charge in [-0.3, -0.25) is 9.59 Å². The number of carbonyl (C=O) groups is 2. The molecule has 1 saturated heterocycles. The Kier molecular flexibility index (Phi) is 7.09. The number of aryl methyl sites for hydroxylation is 2. The van der Waals surface area contributed by atoms with Crippen LogP contribution >= 0.6 is 0 Å². The van der Waals surface area contributed by atoms with Crippen LogP contribution in [0.15, 0.2) is 40.8 Å². The van der Waals surface area contributed by atoms with Crippen LogP contribution in [0.4, 0.5) is 0 Å². The molecule has 1 aromatic carbocycles. The summed E-state index contributed by atoms with van der Waals surface area (Å²) >= 11 is 0. The second-order valence-electron chi connectivity index (χ2n) is 7.66. The van der Waals surface area contributed by atoms with Crippen molar-refractivity contribution in [3.8, 4) is 0 Å². The number of hydrogen-bond acceptors (Lipinski definition) is 4. The molecule has 2 aromatic rings. The predicted molar refractivity (Wildman–Crippen MR) is 111 cm³/mol. The fraction of sp³-hybridized carbons (Fsp3) is 0.478. The van der Waals surface area contributed by atoms with Gasteiger partial charge in [0, 0.05) is 26.1 Å². The Balaban J connectivity index is 1.62. The molecular formula is C23H30N2O4. The Hall–Kier alpha value is -2.60. The van der Waals surface area contributed by atoms with Crippen LogP contribution < -0.4 is 5.32 Å². The third-order valence-corrected chi connectivity index (χ3v) is 5.29. The van der Waals surface area contributed by atoms with Crippen LogP contribution in [-0.4, -0.2) is 42.5 Å². The first-order chi connectivity index (χ1) is 13.9. The molecule has 0 saturated carbocycles. The standard InChI is InChI=1S/C23H30N2O4/c1-16-14-21(18(3)29-16)23(27)25(15-20-10-7-13-28-20)12-11-22(26)24-17(2)19-8-5-4-6-9-19/h4-6,8-9,14,17,20H,7,10-13,15H2,1-3H3,(H,24,26). The van der Waals surface area contributed by atoms with Gasteiger partial charge in [-0.2, -0.15) is 0 Å². The van der Waals surface area contributed by atoms with Crippen molar-refractivity contribution in [3.05, 3.63) is 59.0 Å². The molecule has 6 nitrogen and oxygen atoms in total. The summed E-state index contributed by atoms with van der Waals surface area (Å²) in [6.45, 7) is 7.14. The number of ether oxygens (including phenoxy) is 1. The van der Waals surface area contributed by atoms with Crippen LogP contribution in [0.1, 0.15) is 59.7 Å². The van der Waals surface area contributed by atoms with Crippen molar-refractivity contribution in [1.82, 2.24) is 10.2 Å². The van der Waals surface area contributed by atoms with Crippen LogP contribution in [0.5, 0.6) is 0 Å². The molecule has 29 heavy (non-hydrogen) atoms. The monoisotopic (exact) mass is 398 g/mol. The maximum absolute atomic E-state index is 13.1. The molecule has 1 N–H and O–H groups in total. The Morgan fingerprint density at radius 1 is 1.24 bits per heavy atom. The number of rotatable bonds is 8. The number of amides is 2. The topological polar surface area (TPSA) is 71.8 Å². The summed E-state index contributed by atoms with van der Waals surface area (Å²) in [5, 5.41) is 3.01. The summed E-state index contributed by atoms with van der Waals surface area (Å²) < 4.78 is 11.2. The van der Waals surface area contributed by atoms with Crippen LogP contribution in [0.3, 0.4) is 0 Å². The largest absolute Gasteiger partial charge is 0.466 e. The lowest BCUT2D eigenvalue weighted by molar-refractivity contribution is -0.122. The smallest absolute Gasteiger partial charge is 0.257 e. The van der Waals surface area contributed by atoms with Gasteiger partial charge in [-0.25, -0.2) is 0 Å². The molecule has 156 valence electrons. The van der Waals surface area contributed by atoms with Crippen molar-refractivity contribution in [2.24, 2.45) is 0 Å². The SMILES string of the molecule is Cc1cc(C(=O)N(CCC(=O)NC(C)c2ccccc2)CC2CCCO2)c(C)o1. The van der Waals surface area contributed by atoms with E-state index in [0.717, 1.165) is 25.0 Å². The highest BCUT2D eigenvalue weighted by molar-refractivity contribution is 5.95. The van der Waals surface area contributed by atoms with Crippen molar-refractivity contribution in [3.63, 3.8) is 0 Å². The number of nitrogens with zero attached hydrogens (tertiary/aromatic N) is 1. The summed E-state index contributed by atoms with van der Waals surface area (Å²) in [7, 11) is 0. The molecule has 0 aliphatic carbocycles. The van der Waals surface area contributed by atoms with Gasteiger partial charge in [-0.15, -0.1) is 0 Å². The van der Waals surface area contributed by atoms with E-state index in [-0.39, 0.29) is 30.4 Å². The number of benzene rings is 1. The first-order valence-electron chi connectivity index (χ1n) is 10.3. The minimum Gasteiger partial charge on any atom is -0.466 e. The van der Waals surface area contributed by atoms with E-state index in [1.165, 1.54) is 0 Å². The van der Waals surface area contributed by atoms with E-state index in [0.29, 0.717) is 30.2 Å². The van der Waals surface area contributed by atoms with Crippen LogP contribution in [0, 0.1) is 13.8 Å². The van der Waals surface area contributed by atoms with E-state index in [4.69, 9.17) is 9.15 Å². The lowest BCUT2D eigenvalue weighted by Crippen LogP contribution is -2.40. The van der Waals surface area contributed by atoms with Gasteiger partial charge < -0.3 is 19.4 Å². The second kappa shape index (κ2) is 9.74. The average molecular weight is 399 g/mol. The third kappa shape index (κ3) is 5.70. The van der Waals surface area contributed by atoms with Crippen molar-refractivity contribution >= 4 is 11.8 Å². The van der Waals surface area contributed by atoms with Crippen LogP contribution in [0.2, 0.25) is 0 Å². The highest BCUT2D eigenvalue weighted by Gasteiger charge is 2.26. The number of nitrogens with one attached hydrogen (secondary N) is 1. The Bertz CT molecular complexity index is 825. The fourth-order valence-electron chi connectivity index (χ4n) is 3.70. The molecule has 2 heterocycles. The summed E-state index contributed by atoms with van der Waals surface area (Å²) in [4.78, 5) is 27.3. The molecule has 2 amide bonds. The summed E-state index contributed by atoms with van der Waals surface area (Å²) in [5.74, 6) is 1.12. The minimum atomic E-state index is -0.112. The third-order valence-electron chi connectivity index (χ3n) is 5.29. The lowest BCUT2D eigenvalue weighted by Gasteiger charge is -2.25. The van der Waals surface area contributed by atoms with Crippen LogP contribution in [0.25, 0.3) is 0 Å². The normalized spacial score (nSPS) is 17.1. The zero-order valence-electron chi connectivity index (χ0n) is 17.4. The first kappa shape index (κ1) is 21.1. The molecule has 6 heteroatoms. The molecule has 1 aliphatic heterocycles. The Morgan fingerprint density at radius 2 is 2.00 bits per heavy atom. The van der Waals surface area contributed by atoms with Gasteiger partial charge in [0.05, 0.1) is 17.7 Å². The van der Waals surface area contributed by atoms with E-state index in [1.54, 1.807) is 17.9 Å². The van der Waals surface area contributed by atoms with E-state index in [2.05, 4.69) is 5.32 Å². The molecular weight excluding hydrogens is 368 g/mol. The maximum atomic E-state index is 13.1. The number of furan rings is 1. The maximum Gasteiger partial charge on any atom is 0.257 e. The molecule has 0 spiro atoms. The van der Waals surface area contributed by atoms with Gasteiger partial charge in [0.1, 0.15) is 11.5 Å². The molecule has 1 fully saturated rings. The van der Waals surface area contributed by atoms with Crippen molar-refractivity contribution in [1.29, 1.82) is 0 Å². The van der Waals surface area contributed by atoms with Gasteiger partial charge in [0.25, 0.3) is 5.91 Å². The summed E-state index contributed by atoms with van der Waals surface area (Å²) in [5.41, 5.74) is 1.61. The minimum absolute atomic E-state index is 0.0264. The molecule has 0 radical (unpaired) electrons. The van der Waals surface area contributed by atoms with E-state index in [1.807, 2.05) is 44.2 Å². The predicted octanol–water partition coefficient (Wildman–Crippen LogP) is 3.79. The van der Waals surface area contributed by atoms with E-state index >= 15 is 0 Å². The number of carbonyl (C=O) groups excluding carboxylic acids is 2. The van der Waals surface area contributed by atoms with Gasteiger partial charge in [0.2, 0.25) is 5.91 Å². The Morgan fingerprint density at radius 3 is 2.62 bits per heavy atom. The second-order valence-corrected chi connectivity index (χ2v) is 7.66. The lowest BCUT2D eigenvalue weighted by atomic mass is 10.1. The van der Waals surface area contributed by atoms with Gasteiger partial charge in [-0.1, -0.05) is 30.3 Å².